The van der Waals surface area contributed by atoms with E-state index < -0.39 is 0 Å². The molecule has 1 atom stereocenters. The van der Waals surface area contributed by atoms with Crippen molar-refractivity contribution in [3.63, 3.8) is 0 Å². The molecule has 206 valence electrons. The van der Waals surface area contributed by atoms with Crippen molar-refractivity contribution in [1.82, 2.24) is 9.88 Å². The van der Waals surface area contributed by atoms with E-state index in [1.54, 1.807) is 0 Å². The molecule has 0 bridgehead atoms. The normalized spacial score (nSPS) is 16.2. The van der Waals surface area contributed by atoms with Crippen molar-refractivity contribution in [1.29, 1.82) is 0 Å². The number of amides is 1. The highest BCUT2D eigenvalue weighted by atomic mass is 31.1. The van der Waals surface area contributed by atoms with Crippen LogP contribution >= 0.6 is 8.58 Å². The Kier molecular flexibility index (Phi) is 9.27. The number of benzene rings is 2. The summed E-state index contributed by atoms with van der Waals surface area (Å²) in [6.07, 6.45) is 3.37. The lowest BCUT2D eigenvalue weighted by Gasteiger charge is -2.36. The smallest absolute Gasteiger partial charge is 0.311 e. The van der Waals surface area contributed by atoms with Crippen molar-refractivity contribution in [2.75, 3.05) is 68.7 Å². The van der Waals surface area contributed by atoms with Crippen molar-refractivity contribution in [2.45, 2.75) is 25.7 Å². The van der Waals surface area contributed by atoms with Gasteiger partial charge in [0.2, 0.25) is 11.8 Å². The number of carbonyl (C=O) groups excluding carboxylic acids is 2. The zero-order chi connectivity index (χ0) is 27.0. The van der Waals surface area contributed by atoms with E-state index >= 15 is 0 Å². The van der Waals surface area contributed by atoms with Crippen molar-refractivity contribution in [3.05, 3.63) is 60.2 Å². The van der Waals surface area contributed by atoms with Crippen molar-refractivity contribution < 1.29 is 19.1 Å². The first kappa shape index (κ1) is 27.4. The molecule has 0 saturated carbocycles. The van der Waals surface area contributed by atoms with Gasteiger partial charge < -0.3 is 14.4 Å². The first-order chi connectivity index (χ1) is 19.1. The van der Waals surface area contributed by atoms with Gasteiger partial charge in [0.05, 0.1) is 12.8 Å². The van der Waals surface area contributed by atoms with Gasteiger partial charge >= 0.3 is 5.97 Å². The molecule has 8 nitrogen and oxygen atoms in total. The number of aromatic nitrogens is 1. The van der Waals surface area contributed by atoms with E-state index in [1.807, 2.05) is 18.8 Å². The third-order valence-corrected chi connectivity index (χ3v) is 8.01. The molecule has 3 heterocycles. The van der Waals surface area contributed by atoms with E-state index in [0.717, 1.165) is 51.1 Å². The van der Waals surface area contributed by atoms with E-state index in [1.165, 1.54) is 21.4 Å². The minimum Gasteiger partial charge on any atom is -0.478 e. The van der Waals surface area contributed by atoms with Crippen LogP contribution < -0.4 is 14.5 Å². The zero-order valence-corrected chi connectivity index (χ0v) is 23.6. The lowest BCUT2D eigenvalue weighted by atomic mass is 10.1. The SMILES string of the molecule is CPCC(=O)OCN1C(=O)CCc2ccc(OCCCCN3CCN(c4cccc5ccccc45)CC3)nc21. The van der Waals surface area contributed by atoms with Crippen LogP contribution in [0.25, 0.3) is 10.8 Å². The molecule has 0 aliphatic carbocycles. The maximum Gasteiger partial charge on any atom is 0.311 e. The molecule has 39 heavy (non-hydrogen) atoms. The Morgan fingerprint density at radius 2 is 1.79 bits per heavy atom. The summed E-state index contributed by atoms with van der Waals surface area (Å²) in [5.74, 6) is 0.663. The number of fused-ring (bicyclic) bond motifs is 2. The average Bonchev–Trinajstić information content (AvgIpc) is 2.96. The van der Waals surface area contributed by atoms with Gasteiger partial charge in [-0.25, -0.2) is 0 Å². The summed E-state index contributed by atoms with van der Waals surface area (Å²) in [5.41, 5.74) is 2.30. The van der Waals surface area contributed by atoms with Crippen LogP contribution in [0.2, 0.25) is 0 Å². The Bertz CT molecular complexity index is 1290. The first-order valence-electron chi connectivity index (χ1n) is 13.8. The first-order valence-corrected chi connectivity index (χ1v) is 15.5. The van der Waals surface area contributed by atoms with E-state index in [9.17, 15) is 9.59 Å². The number of rotatable bonds is 11. The number of unbranched alkanes of at least 4 members (excludes halogenated alkanes) is 1. The minimum absolute atomic E-state index is 0.0838. The topological polar surface area (TPSA) is 75.2 Å². The van der Waals surface area contributed by atoms with Crippen LogP contribution in [0.4, 0.5) is 11.5 Å². The van der Waals surface area contributed by atoms with Gasteiger partial charge in [-0.15, -0.1) is 8.58 Å². The molecule has 3 aromatic rings. The second kappa shape index (κ2) is 13.2. The van der Waals surface area contributed by atoms with Gasteiger partial charge in [-0.1, -0.05) is 36.4 Å². The molecule has 1 saturated heterocycles. The molecule has 0 N–H and O–H groups in total. The van der Waals surface area contributed by atoms with Gasteiger partial charge in [0.25, 0.3) is 0 Å². The van der Waals surface area contributed by atoms with Gasteiger partial charge in [-0.05, 0) is 55.6 Å². The van der Waals surface area contributed by atoms with Gasteiger partial charge in [-0.3, -0.25) is 19.4 Å². The number of esters is 1. The highest BCUT2D eigenvalue weighted by Crippen LogP contribution is 2.29. The van der Waals surface area contributed by atoms with Crippen molar-refractivity contribution in [3.8, 4) is 5.88 Å². The largest absolute Gasteiger partial charge is 0.478 e. The van der Waals surface area contributed by atoms with Crippen LogP contribution in [-0.4, -0.2) is 80.6 Å². The Morgan fingerprint density at radius 3 is 2.64 bits per heavy atom. The summed E-state index contributed by atoms with van der Waals surface area (Å²) in [6.45, 7) is 7.66. The number of anilines is 2. The maximum absolute atomic E-state index is 12.5. The lowest BCUT2D eigenvalue weighted by molar-refractivity contribution is -0.141. The summed E-state index contributed by atoms with van der Waals surface area (Å²) < 4.78 is 11.2. The lowest BCUT2D eigenvalue weighted by Crippen LogP contribution is -2.46. The quantitative estimate of drug-likeness (QED) is 0.201. The summed E-state index contributed by atoms with van der Waals surface area (Å²) in [5, 5.41) is 2.62. The Balaban J connectivity index is 1.06. The van der Waals surface area contributed by atoms with Gasteiger partial charge in [-0.2, -0.15) is 4.98 Å². The highest BCUT2D eigenvalue weighted by Gasteiger charge is 2.27. The third kappa shape index (κ3) is 6.87. The number of piperazine rings is 1. The van der Waals surface area contributed by atoms with Crippen LogP contribution in [0, 0.1) is 0 Å². The van der Waals surface area contributed by atoms with E-state index in [2.05, 4.69) is 57.2 Å². The fourth-order valence-corrected chi connectivity index (χ4v) is 5.63. The van der Waals surface area contributed by atoms with Crippen molar-refractivity contribution >= 4 is 42.7 Å². The number of nitrogens with zero attached hydrogens (tertiary/aromatic N) is 4. The maximum atomic E-state index is 12.5. The number of hydrogen-bond donors (Lipinski definition) is 0. The summed E-state index contributed by atoms with van der Waals surface area (Å²) in [4.78, 5) is 35.4. The summed E-state index contributed by atoms with van der Waals surface area (Å²) in [7, 11) is 0.483. The van der Waals surface area contributed by atoms with E-state index in [4.69, 9.17) is 9.47 Å². The molecule has 1 unspecified atom stereocenters. The molecule has 2 aromatic carbocycles. The number of ether oxygens (including phenoxy) is 2. The minimum atomic E-state index is -0.293. The van der Waals surface area contributed by atoms with Crippen molar-refractivity contribution in [2.24, 2.45) is 0 Å². The number of carbonyl (C=O) groups is 2. The number of pyridine rings is 1. The summed E-state index contributed by atoms with van der Waals surface area (Å²) in [6, 6.07) is 19.0. The molecule has 9 heteroatoms. The van der Waals surface area contributed by atoms with Crippen LogP contribution in [0.5, 0.6) is 5.88 Å². The fraction of sp³-hybridized carbons (Fsp3) is 0.433. The fourth-order valence-electron chi connectivity index (χ4n) is 5.24. The van der Waals surface area contributed by atoms with Crippen LogP contribution in [0.3, 0.4) is 0 Å². The molecular weight excluding hydrogens is 511 g/mol. The van der Waals surface area contributed by atoms with Crippen LogP contribution in [0.15, 0.2) is 54.6 Å². The predicted octanol–water partition coefficient (Wildman–Crippen LogP) is 4.30. The molecule has 1 fully saturated rings. The second-order valence-corrected chi connectivity index (χ2v) is 11.1. The second-order valence-electron chi connectivity index (χ2n) is 10.0. The number of hydrogen-bond acceptors (Lipinski definition) is 7. The molecule has 1 amide bonds. The third-order valence-electron chi connectivity index (χ3n) is 7.37. The Labute approximate surface area is 232 Å². The molecule has 0 radical (unpaired) electrons. The Morgan fingerprint density at radius 1 is 0.974 bits per heavy atom. The summed E-state index contributed by atoms with van der Waals surface area (Å²) >= 11 is 0. The van der Waals surface area contributed by atoms with Gasteiger partial charge in [0, 0.05) is 49.7 Å². The standard InChI is InChI=1S/C30H37N4O4P/c1-39-21-29(36)38-22-34-28(35)14-12-24-11-13-27(31-30(24)34)37-20-5-4-15-32-16-18-33(19-17-32)26-10-6-8-23-7-2-3-9-25(23)26/h2-3,6-11,13,39H,4-5,12,14-22H2,1H3. The van der Waals surface area contributed by atoms with E-state index in [-0.39, 0.29) is 18.6 Å². The van der Waals surface area contributed by atoms with Crippen LogP contribution in [0.1, 0.15) is 24.8 Å². The highest BCUT2D eigenvalue weighted by molar-refractivity contribution is 7.38. The molecule has 0 spiro atoms. The van der Waals surface area contributed by atoms with E-state index in [0.29, 0.717) is 45.9 Å². The molecule has 5 rings (SSSR count). The molecule has 1 aromatic heterocycles. The Hall–Kier alpha value is -3.22. The molecular formula is C30H37N4O4P. The average molecular weight is 549 g/mol. The zero-order valence-electron chi connectivity index (χ0n) is 22.6. The van der Waals surface area contributed by atoms with Gasteiger partial charge in [0.1, 0.15) is 5.82 Å². The number of aryl methyl sites for hydroxylation is 1. The monoisotopic (exact) mass is 548 g/mol. The predicted molar refractivity (Wildman–Crippen MR) is 157 cm³/mol. The molecule has 2 aliphatic heterocycles. The van der Waals surface area contributed by atoms with Crippen LogP contribution in [-0.2, 0) is 20.7 Å². The van der Waals surface area contributed by atoms with Gasteiger partial charge in [0.15, 0.2) is 6.73 Å². The molecule has 2 aliphatic rings.